The van der Waals surface area contributed by atoms with Crippen LogP contribution in [0.2, 0.25) is 0 Å². The van der Waals surface area contributed by atoms with Gasteiger partial charge in [-0.25, -0.2) is 9.78 Å². The Morgan fingerprint density at radius 2 is 2.25 bits per heavy atom. The molecule has 0 bridgehead atoms. The maximum atomic E-state index is 11.4. The van der Waals surface area contributed by atoms with Gasteiger partial charge < -0.3 is 9.64 Å². The van der Waals surface area contributed by atoms with E-state index in [0.717, 1.165) is 18.2 Å². The molecule has 1 aliphatic heterocycles. The molecule has 4 nitrogen and oxygen atoms in total. The molecule has 0 N–H and O–H groups in total. The highest BCUT2D eigenvalue weighted by atomic mass is 32.1. The molecule has 5 heteroatoms. The van der Waals surface area contributed by atoms with E-state index in [1.54, 1.807) is 12.3 Å². The number of piperidine rings is 1. The van der Waals surface area contributed by atoms with E-state index in [1.807, 2.05) is 0 Å². The van der Waals surface area contributed by atoms with Gasteiger partial charge in [-0.15, -0.1) is 11.3 Å². The first-order valence-electron chi connectivity index (χ1n) is 5.69. The first-order valence-corrected chi connectivity index (χ1v) is 6.57. The Kier molecular flexibility index (Phi) is 3.77. The smallest absolute Gasteiger partial charge is 0.357 e. The van der Waals surface area contributed by atoms with Crippen LogP contribution in [0.5, 0.6) is 0 Å². The molecule has 0 saturated carbocycles. The van der Waals surface area contributed by atoms with Crippen LogP contribution in [0.3, 0.4) is 0 Å². The van der Waals surface area contributed by atoms with E-state index in [-0.39, 0.29) is 5.97 Å². The summed E-state index contributed by atoms with van der Waals surface area (Å²) in [4.78, 5) is 18.0. The van der Waals surface area contributed by atoms with Crippen LogP contribution < -0.4 is 4.90 Å². The molecule has 2 rings (SSSR count). The fourth-order valence-corrected chi connectivity index (χ4v) is 2.64. The van der Waals surface area contributed by atoms with Crippen molar-refractivity contribution in [2.45, 2.75) is 26.2 Å². The Bertz CT molecular complexity index is 359. The van der Waals surface area contributed by atoms with Gasteiger partial charge in [-0.2, -0.15) is 0 Å². The highest BCUT2D eigenvalue weighted by Gasteiger charge is 2.17. The van der Waals surface area contributed by atoms with Gasteiger partial charge in [0.05, 0.1) is 6.61 Å². The summed E-state index contributed by atoms with van der Waals surface area (Å²) in [5.41, 5.74) is 0.437. The Morgan fingerprint density at radius 1 is 1.50 bits per heavy atom. The summed E-state index contributed by atoms with van der Waals surface area (Å²) < 4.78 is 4.92. The fourth-order valence-electron chi connectivity index (χ4n) is 1.79. The van der Waals surface area contributed by atoms with Crippen molar-refractivity contribution in [2.24, 2.45) is 0 Å². The number of thiazole rings is 1. The summed E-state index contributed by atoms with van der Waals surface area (Å²) >= 11 is 1.52. The molecule has 1 aliphatic rings. The van der Waals surface area contributed by atoms with Gasteiger partial charge in [0, 0.05) is 18.5 Å². The number of esters is 1. The van der Waals surface area contributed by atoms with Gasteiger partial charge in [0.25, 0.3) is 0 Å². The zero-order valence-electron chi connectivity index (χ0n) is 9.44. The highest BCUT2D eigenvalue weighted by Crippen LogP contribution is 2.24. The van der Waals surface area contributed by atoms with E-state index >= 15 is 0 Å². The highest BCUT2D eigenvalue weighted by molar-refractivity contribution is 7.13. The predicted octanol–water partition coefficient (Wildman–Crippen LogP) is 2.31. The van der Waals surface area contributed by atoms with Gasteiger partial charge in [0.15, 0.2) is 10.8 Å². The summed E-state index contributed by atoms with van der Waals surface area (Å²) in [6.45, 7) is 4.30. The number of anilines is 1. The third-order valence-corrected chi connectivity index (χ3v) is 3.50. The van der Waals surface area contributed by atoms with Crippen molar-refractivity contribution in [3.05, 3.63) is 11.1 Å². The molecule has 0 amide bonds. The molecular formula is C11H16N2O2S. The average Bonchev–Trinajstić information content (AvgIpc) is 2.80. The second-order valence-electron chi connectivity index (χ2n) is 3.78. The lowest BCUT2D eigenvalue weighted by Gasteiger charge is -2.25. The molecule has 88 valence electrons. The Labute approximate surface area is 99.2 Å². The molecule has 0 aliphatic carbocycles. The van der Waals surface area contributed by atoms with Crippen molar-refractivity contribution in [1.29, 1.82) is 0 Å². The molecule has 0 aromatic carbocycles. The molecule has 16 heavy (non-hydrogen) atoms. The van der Waals surface area contributed by atoms with Gasteiger partial charge >= 0.3 is 5.97 Å². The second kappa shape index (κ2) is 5.30. The molecule has 1 aromatic heterocycles. The van der Waals surface area contributed by atoms with Crippen LogP contribution in [-0.4, -0.2) is 30.6 Å². The minimum atomic E-state index is -0.318. The quantitative estimate of drug-likeness (QED) is 0.760. The van der Waals surface area contributed by atoms with E-state index in [4.69, 9.17) is 4.74 Å². The number of hydrogen-bond donors (Lipinski definition) is 0. The summed E-state index contributed by atoms with van der Waals surface area (Å²) in [7, 11) is 0. The van der Waals surface area contributed by atoms with Gasteiger partial charge in [0.1, 0.15) is 0 Å². The second-order valence-corrected chi connectivity index (χ2v) is 4.62. The van der Waals surface area contributed by atoms with E-state index < -0.39 is 0 Å². The lowest BCUT2D eigenvalue weighted by Crippen LogP contribution is -2.29. The standard InChI is InChI=1S/C11H16N2O2S/c1-2-15-10(14)9-8-16-11(12-9)13-6-4-3-5-7-13/h8H,2-7H2,1H3. The summed E-state index contributed by atoms with van der Waals surface area (Å²) in [5.74, 6) is -0.318. The van der Waals surface area contributed by atoms with E-state index in [0.29, 0.717) is 12.3 Å². The SMILES string of the molecule is CCOC(=O)c1csc(N2CCCCC2)n1. The first-order chi connectivity index (χ1) is 7.81. The molecule has 1 aromatic rings. The average molecular weight is 240 g/mol. The van der Waals surface area contributed by atoms with Crippen molar-refractivity contribution in [3.63, 3.8) is 0 Å². The van der Waals surface area contributed by atoms with E-state index in [1.165, 1.54) is 30.6 Å². The largest absolute Gasteiger partial charge is 0.461 e. The molecule has 0 unspecified atom stereocenters. The number of aromatic nitrogens is 1. The first kappa shape index (κ1) is 11.4. The minimum Gasteiger partial charge on any atom is -0.461 e. The van der Waals surface area contributed by atoms with Crippen molar-refractivity contribution < 1.29 is 9.53 Å². The van der Waals surface area contributed by atoms with Crippen LogP contribution in [0.4, 0.5) is 5.13 Å². The summed E-state index contributed by atoms with van der Waals surface area (Å²) in [5, 5.41) is 2.73. The number of carbonyl (C=O) groups excluding carboxylic acids is 1. The Balaban J connectivity index is 2.03. The molecule has 0 atom stereocenters. The third kappa shape index (κ3) is 2.52. The Hall–Kier alpha value is -1.10. The summed E-state index contributed by atoms with van der Waals surface area (Å²) in [6.07, 6.45) is 3.73. The van der Waals surface area contributed by atoms with E-state index in [2.05, 4.69) is 9.88 Å². The van der Waals surface area contributed by atoms with Crippen LogP contribution >= 0.6 is 11.3 Å². The molecule has 1 fully saturated rings. The summed E-state index contributed by atoms with van der Waals surface area (Å²) in [6, 6.07) is 0. The normalized spacial score (nSPS) is 16.2. The van der Waals surface area contributed by atoms with Gasteiger partial charge in [0.2, 0.25) is 0 Å². The molecule has 0 spiro atoms. The number of nitrogens with zero attached hydrogens (tertiary/aromatic N) is 2. The maximum Gasteiger partial charge on any atom is 0.357 e. The van der Waals surface area contributed by atoms with Crippen LogP contribution in [-0.2, 0) is 4.74 Å². The van der Waals surface area contributed by atoms with Gasteiger partial charge in [-0.1, -0.05) is 0 Å². The molecular weight excluding hydrogens is 224 g/mol. The number of carbonyl (C=O) groups is 1. The van der Waals surface area contributed by atoms with Crippen molar-refractivity contribution in [3.8, 4) is 0 Å². The number of rotatable bonds is 3. The van der Waals surface area contributed by atoms with Gasteiger partial charge in [-0.3, -0.25) is 0 Å². The fraction of sp³-hybridized carbons (Fsp3) is 0.636. The van der Waals surface area contributed by atoms with Crippen LogP contribution in [0.25, 0.3) is 0 Å². The maximum absolute atomic E-state index is 11.4. The number of ether oxygens (including phenoxy) is 1. The molecule has 1 saturated heterocycles. The van der Waals surface area contributed by atoms with Crippen LogP contribution in [0, 0.1) is 0 Å². The van der Waals surface area contributed by atoms with Crippen molar-refractivity contribution in [2.75, 3.05) is 24.6 Å². The topological polar surface area (TPSA) is 42.4 Å². The van der Waals surface area contributed by atoms with Crippen LogP contribution in [0.15, 0.2) is 5.38 Å². The third-order valence-electron chi connectivity index (χ3n) is 2.60. The monoisotopic (exact) mass is 240 g/mol. The Morgan fingerprint density at radius 3 is 2.94 bits per heavy atom. The van der Waals surface area contributed by atoms with E-state index in [9.17, 15) is 4.79 Å². The van der Waals surface area contributed by atoms with Crippen LogP contribution in [0.1, 0.15) is 36.7 Å². The van der Waals surface area contributed by atoms with Gasteiger partial charge in [-0.05, 0) is 26.2 Å². The minimum absolute atomic E-state index is 0.318. The predicted molar refractivity (Wildman–Crippen MR) is 64.1 cm³/mol. The molecule has 2 heterocycles. The zero-order valence-corrected chi connectivity index (χ0v) is 10.3. The lowest BCUT2D eigenvalue weighted by molar-refractivity contribution is 0.0520. The van der Waals surface area contributed by atoms with Crippen molar-refractivity contribution in [1.82, 2.24) is 4.98 Å². The van der Waals surface area contributed by atoms with Crippen molar-refractivity contribution >= 4 is 22.4 Å². The number of hydrogen-bond acceptors (Lipinski definition) is 5. The lowest BCUT2D eigenvalue weighted by atomic mass is 10.1. The molecule has 0 radical (unpaired) electrons. The zero-order chi connectivity index (χ0) is 11.4.